The zero-order valence-corrected chi connectivity index (χ0v) is 24.1. The smallest absolute Gasteiger partial charge is 0.283 e. The van der Waals surface area contributed by atoms with Crippen molar-refractivity contribution in [3.63, 3.8) is 0 Å². The molecule has 7 rings (SSSR count). The molecule has 3 aromatic heterocycles. The summed E-state index contributed by atoms with van der Waals surface area (Å²) in [6, 6.07) is 27.4. The van der Waals surface area contributed by atoms with E-state index >= 15 is 0 Å². The number of thiophene rings is 1. The van der Waals surface area contributed by atoms with Crippen molar-refractivity contribution in [1.82, 2.24) is 14.2 Å². The summed E-state index contributed by atoms with van der Waals surface area (Å²) in [5.74, 6) is 0.605. The first-order chi connectivity index (χ1) is 19.6. The van der Waals surface area contributed by atoms with Crippen molar-refractivity contribution < 1.29 is 0 Å². The average molecular weight is 561 g/mol. The third-order valence-corrected chi connectivity index (χ3v) is 9.60. The van der Waals surface area contributed by atoms with Crippen LogP contribution in [-0.2, 0) is 12.8 Å². The van der Waals surface area contributed by atoms with Crippen LogP contribution in [0, 0.1) is 13.8 Å². The van der Waals surface area contributed by atoms with Gasteiger partial charge in [-0.3, -0.25) is 9.36 Å². The second-order valence-electron chi connectivity index (χ2n) is 10.3. The van der Waals surface area contributed by atoms with Crippen LogP contribution in [0.25, 0.3) is 38.3 Å². The molecule has 0 spiro atoms. The van der Waals surface area contributed by atoms with Crippen molar-refractivity contribution in [3.05, 3.63) is 121 Å². The van der Waals surface area contributed by atoms with Gasteiger partial charge in [-0.2, -0.15) is 4.68 Å². The van der Waals surface area contributed by atoms with Crippen LogP contribution in [0.5, 0.6) is 0 Å². The minimum atomic E-state index is -0.0699. The van der Waals surface area contributed by atoms with Crippen LogP contribution >= 0.6 is 22.7 Å². The summed E-state index contributed by atoms with van der Waals surface area (Å²) in [7, 11) is 0. The molecule has 3 heterocycles. The summed E-state index contributed by atoms with van der Waals surface area (Å²) in [5, 5.41) is 7.83. The molecule has 1 aliphatic rings. The molecule has 0 fully saturated rings. The van der Waals surface area contributed by atoms with E-state index in [9.17, 15) is 4.79 Å². The minimum absolute atomic E-state index is 0.0699. The predicted octanol–water partition coefficient (Wildman–Crippen LogP) is 7.50. The summed E-state index contributed by atoms with van der Waals surface area (Å²) < 4.78 is 3.64. The lowest BCUT2D eigenvalue weighted by Gasteiger charge is -2.12. The van der Waals surface area contributed by atoms with Crippen molar-refractivity contribution in [2.75, 3.05) is 0 Å². The zero-order valence-electron chi connectivity index (χ0n) is 22.4. The van der Waals surface area contributed by atoms with Crippen LogP contribution in [0.1, 0.15) is 34.7 Å². The topological polar surface area (TPSA) is 52.2 Å². The maximum absolute atomic E-state index is 13.9. The van der Waals surface area contributed by atoms with Crippen LogP contribution in [0.2, 0.25) is 0 Å². The largest absolute Gasteiger partial charge is 0.284 e. The highest BCUT2D eigenvalue weighted by atomic mass is 32.1. The molecule has 0 N–H and O–H groups in total. The number of rotatable bonds is 4. The Hall–Kier alpha value is -4.07. The van der Waals surface area contributed by atoms with E-state index in [1.165, 1.54) is 49.6 Å². The number of fused-ring (bicyclic) bond motifs is 3. The first-order valence-electron chi connectivity index (χ1n) is 13.6. The third kappa shape index (κ3) is 4.35. The van der Waals surface area contributed by atoms with Crippen LogP contribution in [0.15, 0.2) is 94.1 Å². The van der Waals surface area contributed by atoms with E-state index < -0.39 is 0 Å². The van der Waals surface area contributed by atoms with Gasteiger partial charge < -0.3 is 0 Å². The molecule has 0 atom stereocenters. The lowest BCUT2D eigenvalue weighted by molar-refractivity contribution is 0.696. The Morgan fingerprint density at radius 1 is 0.825 bits per heavy atom. The molecule has 0 saturated heterocycles. The maximum Gasteiger partial charge on any atom is 0.283 e. The Kier molecular flexibility index (Phi) is 6.33. The molecule has 0 bridgehead atoms. The number of aryl methyl sites for hydroxylation is 4. The SMILES string of the molecule is Cc1ccc(-n2c(-c3ccc(-c4ccccc4)cc3)cs/c2=N\n2c(C)nc3sc4c(c3c2=O)CCCC4)cc1. The van der Waals surface area contributed by atoms with Gasteiger partial charge in [0.25, 0.3) is 5.56 Å². The van der Waals surface area contributed by atoms with Gasteiger partial charge in [-0.15, -0.1) is 27.8 Å². The van der Waals surface area contributed by atoms with Gasteiger partial charge >= 0.3 is 0 Å². The molecule has 0 aliphatic heterocycles. The first kappa shape index (κ1) is 24.9. The highest BCUT2D eigenvalue weighted by Crippen LogP contribution is 2.34. The Morgan fingerprint density at radius 3 is 2.30 bits per heavy atom. The van der Waals surface area contributed by atoms with Crippen molar-refractivity contribution in [2.45, 2.75) is 39.5 Å². The molecule has 0 saturated carbocycles. The normalized spacial score (nSPS) is 13.6. The Bertz CT molecular complexity index is 1980. The second-order valence-corrected chi connectivity index (χ2v) is 12.2. The van der Waals surface area contributed by atoms with Gasteiger partial charge in [0.2, 0.25) is 4.80 Å². The average Bonchev–Trinajstić information content (AvgIpc) is 3.57. The standard InChI is InChI=1S/C33H28N4OS2/c1-21-12-18-26(19-13-21)36-28(25-16-14-24(15-17-25)23-8-4-3-5-9-23)20-39-33(36)35-37-22(2)34-31-30(32(37)38)27-10-6-7-11-29(27)40-31/h3-5,8-9,12-20H,6-7,10-11H2,1-2H3/b35-33-. The Labute approximate surface area is 240 Å². The Morgan fingerprint density at radius 2 is 1.52 bits per heavy atom. The molecule has 0 amide bonds. The third-order valence-electron chi connectivity index (χ3n) is 7.60. The predicted molar refractivity (Wildman–Crippen MR) is 165 cm³/mol. The number of hydrogen-bond donors (Lipinski definition) is 0. The van der Waals surface area contributed by atoms with E-state index in [0.29, 0.717) is 5.82 Å². The fourth-order valence-corrected chi connectivity index (χ4v) is 7.69. The van der Waals surface area contributed by atoms with Gasteiger partial charge in [0.05, 0.1) is 11.1 Å². The quantitative estimate of drug-likeness (QED) is 0.224. The summed E-state index contributed by atoms with van der Waals surface area (Å²) in [5.41, 5.74) is 7.78. The fourth-order valence-electron chi connectivity index (χ4n) is 5.49. The van der Waals surface area contributed by atoms with Gasteiger partial charge in [-0.25, -0.2) is 4.98 Å². The molecule has 0 unspecified atom stereocenters. The summed E-state index contributed by atoms with van der Waals surface area (Å²) in [6.07, 6.45) is 4.28. The van der Waals surface area contributed by atoms with Crippen LogP contribution in [-0.4, -0.2) is 14.2 Å². The van der Waals surface area contributed by atoms with Gasteiger partial charge in [0.1, 0.15) is 10.7 Å². The second kappa shape index (κ2) is 10.2. The van der Waals surface area contributed by atoms with E-state index in [4.69, 9.17) is 10.1 Å². The van der Waals surface area contributed by atoms with Gasteiger partial charge in [0, 0.05) is 15.9 Å². The van der Waals surface area contributed by atoms with E-state index in [2.05, 4.69) is 89.7 Å². The van der Waals surface area contributed by atoms with Crippen molar-refractivity contribution in [3.8, 4) is 28.1 Å². The number of aromatic nitrogens is 3. The number of thiazole rings is 1. The lowest BCUT2D eigenvalue weighted by Crippen LogP contribution is -2.25. The molecule has 3 aromatic carbocycles. The molecule has 40 heavy (non-hydrogen) atoms. The molecule has 7 heteroatoms. The van der Waals surface area contributed by atoms with Crippen LogP contribution in [0.4, 0.5) is 0 Å². The van der Waals surface area contributed by atoms with E-state index in [-0.39, 0.29) is 5.56 Å². The van der Waals surface area contributed by atoms with Crippen LogP contribution < -0.4 is 10.4 Å². The molecule has 198 valence electrons. The minimum Gasteiger partial charge on any atom is -0.284 e. The number of nitrogens with zero attached hydrogens (tertiary/aromatic N) is 4. The summed E-state index contributed by atoms with van der Waals surface area (Å²) in [6.45, 7) is 3.96. The maximum atomic E-state index is 13.9. The molecular weight excluding hydrogens is 533 g/mol. The molecule has 6 aromatic rings. The highest BCUT2D eigenvalue weighted by molar-refractivity contribution is 7.18. The van der Waals surface area contributed by atoms with Crippen molar-refractivity contribution in [1.29, 1.82) is 0 Å². The van der Waals surface area contributed by atoms with Gasteiger partial charge in [0.15, 0.2) is 0 Å². The molecule has 5 nitrogen and oxygen atoms in total. The van der Waals surface area contributed by atoms with Gasteiger partial charge in [-0.05, 0) is 73.9 Å². The molecule has 0 radical (unpaired) electrons. The first-order valence-corrected chi connectivity index (χ1v) is 15.3. The summed E-state index contributed by atoms with van der Waals surface area (Å²) >= 11 is 3.21. The van der Waals surface area contributed by atoms with Crippen molar-refractivity contribution in [2.24, 2.45) is 5.10 Å². The Balaban J connectivity index is 1.41. The fraction of sp³-hybridized carbons (Fsp3) is 0.182. The van der Waals surface area contributed by atoms with Crippen LogP contribution in [0.3, 0.4) is 0 Å². The monoisotopic (exact) mass is 560 g/mol. The van der Waals surface area contributed by atoms with E-state index in [0.717, 1.165) is 51.2 Å². The zero-order chi connectivity index (χ0) is 27.2. The van der Waals surface area contributed by atoms with E-state index in [1.807, 2.05) is 13.0 Å². The number of hydrogen-bond acceptors (Lipinski definition) is 5. The molecular formula is C33H28N4OS2. The highest BCUT2D eigenvalue weighted by Gasteiger charge is 2.21. The van der Waals surface area contributed by atoms with E-state index in [1.54, 1.807) is 11.3 Å². The van der Waals surface area contributed by atoms with Gasteiger partial charge in [-0.1, -0.05) is 72.3 Å². The summed E-state index contributed by atoms with van der Waals surface area (Å²) in [4.78, 5) is 21.6. The number of benzene rings is 3. The van der Waals surface area contributed by atoms with Crippen molar-refractivity contribution >= 4 is 32.9 Å². The lowest BCUT2D eigenvalue weighted by atomic mass is 9.97. The molecule has 1 aliphatic carbocycles.